The van der Waals surface area contributed by atoms with Gasteiger partial charge in [0.05, 0.1) is 17.2 Å². The molecular formula is C15H20Cl2N2O3. The summed E-state index contributed by atoms with van der Waals surface area (Å²) in [6.45, 7) is 2.67. The lowest BCUT2D eigenvalue weighted by Gasteiger charge is -2.12. The van der Waals surface area contributed by atoms with Gasteiger partial charge in [0.25, 0.3) is 5.91 Å². The molecule has 0 aliphatic rings. The normalized spacial score (nSPS) is 10.2. The number of hydrogen-bond donors (Lipinski definition) is 2. The maximum absolute atomic E-state index is 12.2. The Kier molecular flexibility index (Phi) is 8.06. The molecule has 0 bridgehead atoms. The van der Waals surface area contributed by atoms with E-state index in [2.05, 4.69) is 10.6 Å². The highest BCUT2D eigenvalue weighted by molar-refractivity contribution is 6.37. The van der Waals surface area contributed by atoms with Crippen LogP contribution in [0.25, 0.3) is 0 Å². The summed E-state index contributed by atoms with van der Waals surface area (Å²) in [7, 11) is 1.42. The van der Waals surface area contributed by atoms with E-state index in [0.29, 0.717) is 24.5 Å². The second kappa shape index (κ2) is 9.54. The molecule has 22 heavy (non-hydrogen) atoms. The Morgan fingerprint density at radius 3 is 2.41 bits per heavy atom. The van der Waals surface area contributed by atoms with Crippen molar-refractivity contribution in [3.05, 3.63) is 27.7 Å². The maximum atomic E-state index is 12.2. The Bertz CT molecular complexity index is 536. The van der Waals surface area contributed by atoms with E-state index in [9.17, 15) is 9.59 Å². The third-order valence-electron chi connectivity index (χ3n) is 2.98. The molecule has 0 radical (unpaired) electrons. The number of nitrogens with one attached hydrogen (secondary N) is 2. The van der Waals surface area contributed by atoms with Crippen LogP contribution < -0.4 is 15.4 Å². The van der Waals surface area contributed by atoms with E-state index in [4.69, 9.17) is 27.9 Å². The molecule has 1 aromatic rings. The average molecular weight is 347 g/mol. The molecule has 0 unspecified atom stereocenters. The molecule has 0 saturated carbocycles. The van der Waals surface area contributed by atoms with Gasteiger partial charge in [-0.25, -0.2) is 0 Å². The Labute approximate surface area is 140 Å². The third kappa shape index (κ3) is 5.39. The van der Waals surface area contributed by atoms with Crippen molar-refractivity contribution in [2.45, 2.75) is 26.2 Å². The first-order valence-corrected chi connectivity index (χ1v) is 7.83. The van der Waals surface area contributed by atoms with Gasteiger partial charge in [-0.2, -0.15) is 0 Å². The molecule has 0 aliphatic heterocycles. The number of benzene rings is 1. The fourth-order valence-electron chi connectivity index (χ4n) is 1.84. The summed E-state index contributed by atoms with van der Waals surface area (Å²) >= 11 is 12.0. The van der Waals surface area contributed by atoms with Crippen LogP contribution in [0.4, 0.5) is 0 Å². The lowest BCUT2D eigenvalue weighted by Crippen LogP contribution is -2.34. The molecule has 0 atom stereocenters. The largest absolute Gasteiger partial charge is 0.494 e. The van der Waals surface area contributed by atoms with Gasteiger partial charge in [-0.05, 0) is 18.6 Å². The highest BCUT2D eigenvalue weighted by Crippen LogP contribution is 2.33. The van der Waals surface area contributed by atoms with E-state index < -0.39 is 5.91 Å². The monoisotopic (exact) mass is 346 g/mol. The topological polar surface area (TPSA) is 67.4 Å². The molecule has 2 N–H and O–H groups in total. The van der Waals surface area contributed by atoms with Crippen molar-refractivity contribution in [2.75, 3.05) is 20.2 Å². The summed E-state index contributed by atoms with van der Waals surface area (Å²) in [5.74, 6) is -0.180. The Balaban J connectivity index is 2.53. The van der Waals surface area contributed by atoms with Gasteiger partial charge in [0.2, 0.25) is 5.91 Å². The number of carbonyl (C=O) groups is 2. The van der Waals surface area contributed by atoms with Crippen LogP contribution in [0.3, 0.4) is 0 Å². The maximum Gasteiger partial charge on any atom is 0.256 e. The second-order valence-corrected chi connectivity index (χ2v) is 5.46. The highest BCUT2D eigenvalue weighted by atomic mass is 35.5. The van der Waals surface area contributed by atoms with Crippen molar-refractivity contribution in [1.29, 1.82) is 0 Å². The standard InChI is InChI=1S/C15H20Cl2N2O3/c1-3-4-5-12(20)18-8-9-19-15(21)13-10(16)6-7-11(17)14(13)22-2/h6-7H,3-5,8-9H2,1-2H3,(H,18,20)(H,19,21). The molecule has 7 heteroatoms. The highest BCUT2D eigenvalue weighted by Gasteiger charge is 2.19. The first-order chi connectivity index (χ1) is 10.5. The minimum Gasteiger partial charge on any atom is -0.494 e. The van der Waals surface area contributed by atoms with Gasteiger partial charge in [-0.15, -0.1) is 0 Å². The van der Waals surface area contributed by atoms with E-state index in [1.165, 1.54) is 13.2 Å². The predicted molar refractivity (Wildman–Crippen MR) is 87.9 cm³/mol. The molecule has 0 heterocycles. The van der Waals surface area contributed by atoms with Crippen LogP contribution in [-0.4, -0.2) is 32.0 Å². The second-order valence-electron chi connectivity index (χ2n) is 4.65. The molecule has 2 amide bonds. The van der Waals surface area contributed by atoms with Gasteiger partial charge in [-0.3, -0.25) is 9.59 Å². The smallest absolute Gasteiger partial charge is 0.256 e. The number of methoxy groups -OCH3 is 1. The Hall–Kier alpha value is -1.46. The van der Waals surface area contributed by atoms with E-state index in [0.717, 1.165) is 12.8 Å². The van der Waals surface area contributed by atoms with Crippen LogP contribution >= 0.6 is 23.2 Å². The summed E-state index contributed by atoms with van der Waals surface area (Å²) in [6.07, 6.45) is 2.32. The summed E-state index contributed by atoms with van der Waals surface area (Å²) in [5, 5.41) is 5.98. The fraction of sp³-hybridized carbons (Fsp3) is 0.467. The van der Waals surface area contributed by atoms with E-state index in [1.54, 1.807) is 6.07 Å². The van der Waals surface area contributed by atoms with Crippen LogP contribution in [0.2, 0.25) is 10.0 Å². The van der Waals surface area contributed by atoms with Crippen molar-refractivity contribution in [3.63, 3.8) is 0 Å². The summed E-state index contributed by atoms with van der Waals surface area (Å²) in [4.78, 5) is 23.6. The van der Waals surface area contributed by atoms with E-state index >= 15 is 0 Å². The first-order valence-electron chi connectivity index (χ1n) is 7.08. The summed E-state index contributed by atoms with van der Waals surface area (Å²) in [6, 6.07) is 3.10. The van der Waals surface area contributed by atoms with Crippen LogP contribution in [0, 0.1) is 0 Å². The summed E-state index contributed by atoms with van der Waals surface area (Å²) < 4.78 is 5.12. The minimum absolute atomic E-state index is 0.0190. The number of hydrogen-bond acceptors (Lipinski definition) is 3. The first kappa shape index (κ1) is 18.6. The molecule has 0 fully saturated rings. The van der Waals surface area contributed by atoms with Gasteiger partial charge >= 0.3 is 0 Å². The van der Waals surface area contributed by atoms with Gasteiger partial charge in [0.15, 0.2) is 5.75 Å². The van der Waals surface area contributed by atoms with Gasteiger partial charge in [0.1, 0.15) is 5.56 Å². The van der Waals surface area contributed by atoms with Crippen molar-refractivity contribution in [3.8, 4) is 5.75 Å². The zero-order valence-electron chi connectivity index (χ0n) is 12.7. The SMILES string of the molecule is CCCCC(=O)NCCNC(=O)c1c(Cl)ccc(Cl)c1OC. The number of carbonyl (C=O) groups excluding carboxylic acids is 2. The van der Waals surface area contributed by atoms with Gasteiger partial charge in [-0.1, -0.05) is 36.5 Å². The number of halogens is 2. The minimum atomic E-state index is -0.396. The fourth-order valence-corrected chi connectivity index (χ4v) is 2.31. The molecule has 1 rings (SSSR count). The molecule has 5 nitrogen and oxygen atoms in total. The number of rotatable bonds is 8. The van der Waals surface area contributed by atoms with Gasteiger partial charge < -0.3 is 15.4 Å². The number of amides is 2. The molecule has 122 valence electrons. The van der Waals surface area contributed by atoms with E-state index in [-0.39, 0.29) is 22.2 Å². The third-order valence-corrected chi connectivity index (χ3v) is 3.59. The molecular weight excluding hydrogens is 327 g/mol. The van der Waals surface area contributed by atoms with E-state index in [1.807, 2.05) is 6.92 Å². The van der Waals surface area contributed by atoms with Crippen molar-refractivity contribution in [2.24, 2.45) is 0 Å². The van der Waals surface area contributed by atoms with Crippen LogP contribution in [0.15, 0.2) is 12.1 Å². The van der Waals surface area contributed by atoms with Crippen molar-refractivity contribution < 1.29 is 14.3 Å². The van der Waals surface area contributed by atoms with Crippen molar-refractivity contribution in [1.82, 2.24) is 10.6 Å². The molecule has 1 aromatic carbocycles. The van der Waals surface area contributed by atoms with Crippen LogP contribution in [0.1, 0.15) is 36.5 Å². The molecule has 0 saturated heterocycles. The Morgan fingerprint density at radius 2 is 1.77 bits per heavy atom. The zero-order valence-corrected chi connectivity index (χ0v) is 14.2. The number of ether oxygens (including phenoxy) is 1. The van der Waals surface area contributed by atoms with Crippen LogP contribution in [0.5, 0.6) is 5.75 Å². The van der Waals surface area contributed by atoms with Crippen molar-refractivity contribution >= 4 is 35.0 Å². The Morgan fingerprint density at radius 1 is 1.14 bits per heavy atom. The lowest BCUT2D eigenvalue weighted by atomic mass is 10.2. The van der Waals surface area contributed by atoms with Gasteiger partial charge in [0, 0.05) is 19.5 Å². The molecule has 0 aliphatic carbocycles. The predicted octanol–water partition coefficient (Wildman–Crippen LogP) is 3.04. The molecule has 0 spiro atoms. The molecule has 0 aromatic heterocycles. The average Bonchev–Trinajstić information content (AvgIpc) is 2.51. The lowest BCUT2D eigenvalue weighted by molar-refractivity contribution is -0.121. The summed E-state index contributed by atoms with van der Waals surface area (Å²) in [5.41, 5.74) is 0.189. The zero-order chi connectivity index (χ0) is 16.5. The number of unbranched alkanes of at least 4 members (excludes halogenated alkanes) is 1. The quantitative estimate of drug-likeness (QED) is 0.711. The van der Waals surface area contributed by atoms with Crippen LogP contribution in [-0.2, 0) is 4.79 Å².